The van der Waals surface area contributed by atoms with E-state index in [0.29, 0.717) is 23.7 Å². The van der Waals surface area contributed by atoms with Crippen LogP contribution < -0.4 is 0 Å². The highest BCUT2D eigenvalue weighted by atomic mass is 16.5. The number of ketones is 2. The standard InChI is InChI=1S/C16H18O3/c1-3-11(2)8-9-19-15-10-14(17)12-6-4-5-7-13(12)16(15)18/h4-7,10-11H,3,8-9H2,1-2H3. The van der Waals surface area contributed by atoms with Gasteiger partial charge in [0.15, 0.2) is 11.5 Å². The van der Waals surface area contributed by atoms with Crippen LogP contribution in [0.2, 0.25) is 0 Å². The van der Waals surface area contributed by atoms with Crippen LogP contribution in [0.25, 0.3) is 0 Å². The monoisotopic (exact) mass is 258 g/mol. The van der Waals surface area contributed by atoms with Gasteiger partial charge in [-0.1, -0.05) is 44.5 Å². The molecular formula is C16H18O3. The summed E-state index contributed by atoms with van der Waals surface area (Å²) in [6.07, 6.45) is 3.27. The lowest BCUT2D eigenvalue weighted by Gasteiger charge is -2.16. The van der Waals surface area contributed by atoms with Gasteiger partial charge in [-0.25, -0.2) is 0 Å². The van der Waals surface area contributed by atoms with Crippen molar-refractivity contribution in [3.8, 4) is 0 Å². The van der Waals surface area contributed by atoms with Gasteiger partial charge < -0.3 is 4.74 Å². The third-order valence-corrected chi connectivity index (χ3v) is 3.49. The smallest absolute Gasteiger partial charge is 0.228 e. The van der Waals surface area contributed by atoms with Crippen LogP contribution in [0.15, 0.2) is 36.1 Å². The SMILES string of the molecule is CCC(C)CCOC1=CC(=O)c2ccccc2C1=O. The first kappa shape index (κ1) is 13.5. The summed E-state index contributed by atoms with van der Waals surface area (Å²) < 4.78 is 5.49. The largest absolute Gasteiger partial charge is 0.489 e. The van der Waals surface area contributed by atoms with Crippen molar-refractivity contribution in [1.29, 1.82) is 0 Å². The van der Waals surface area contributed by atoms with Crippen molar-refractivity contribution in [2.24, 2.45) is 5.92 Å². The number of hydrogen-bond acceptors (Lipinski definition) is 3. The Morgan fingerprint density at radius 3 is 2.53 bits per heavy atom. The van der Waals surface area contributed by atoms with Crippen LogP contribution in [-0.4, -0.2) is 18.2 Å². The van der Waals surface area contributed by atoms with E-state index >= 15 is 0 Å². The topological polar surface area (TPSA) is 43.4 Å². The Hall–Kier alpha value is -1.90. The van der Waals surface area contributed by atoms with Gasteiger partial charge in [-0.15, -0.1) is 0 Å². The molecule has 0 radical (unpaired) electrons. The highest BCUT2D eigenvalue weighted by molar-refractivity contribution is 6.23. The van der Waals surface area contributed by atoms with E-state index in [0.717, 1.165) is 12.8 Å². The lowest BCUT2D eigenvalue weighted by Crippen LogP contribution is -2.19. The lowest BCUT2D eigenvalue weighted by molar-refractivity contribution is 0.0872. The lowest BCUT2D eigenvalue weighted by atomic mass is 9.94. The molecule has 0 fully saturated rings. The van der Waals surface area contributed by atoms with Crippen LogP contribution in [0.5, 0.6) is 0 Å². The first-order chi connectivity index (χ1) is 9.13. The predicted molar refractivity (Wildman–Crippen MR) is 73.2 cm³/mol. The maximum atomic E-state index is 12.2. The van der Waals surface area contributed by atoms with E-state index < -0.39 is 0 Å². The summed E-state index contributed by atoms with van der Waals surface area (Å²) in [7, 11) is 0. The number of ether oxygens (including phenoxy) is 1. The zero-order valence-electron chi connectivity index (χ0n) is 11.3. The van der Waals surface area contributed by atoms with Crippen LogP contribution in [0.3, 0.4) is 0 Å². The quantitative estimate of drug-likeness (QED) is 0.813. The molecule has 0 amide bonds. The number of hydrogen-bond donors (Lipinski definition) is 0. The van der Waals surface area contributed by atoms with Gasteiger partial charge in [-0.05, 0) is 12.3 Å². The van der Waals surface area contributed by atoms with Crippen LogP contribution >= 0.6 is 0 Å². The average Bonchev–Trinajstić information content (AvgIpc) is 2.44. The molecule has 0 saturated heterocycles. The molecule has 1 aromatic rings. The maximum absolute atomic E-state index is 12.2. The van der Waals surface area contributed by atoms with Crippen molar-refractivity contribution in [2.45, 2.75) is 26.7 Å². The number of benzene rings is 1. The first-order valence-electron chi connectivity index (χ1n) is 6.66. The van der Waals surface area contributed by atoms with E-state index in [2.05, 4.69) is 13.8 Å². The third kappa shape index (κ3) is 2.92. The highest BCUT2D eigenvalue weighted by Gasteiger charge is 2.26. The molecule has 19 heavy (non-hydrogen) atoms. The van der Waals surface area contributed by atoms with Crippen LogP contribution in [0.4, 0.5) is 0 Å². The Morgan fingerprint density at radius 2 is 1.84 bits per heavy atom. The van der Waals surface area contributed by atoms with Gasteiger partial charge in [0.1, 0.15) is 0 Å². The zero-order chi connectivity index (χ0) is 13.8. The van der Waals surface area contributed by atoms with Crippen molar-refractivity contribution in [3.05, 3.63) is 47.2 Å². The van der Waals surface area contributed by atoms with E-state index in [1.807, 2.05) is 0 Å². The molecule has 1 aliphatic rings. The van der Waals surface area contributed by atoms with Gasteiger partial charge in [0.2, 0.25) is 5.78 Å². The van der Waals surface area contributed by atoms with Crippen LogP contribution in [0.1, 0.15) is 47.4 Å². The molecule has 1 aromatic carbocycles. The van der Waals surface area contributed by atoms with Crippen LogP contribution in [-0.2, 0) is 4.74 Å². The average molecular weight is 258 g/mol. The molecule has 0 aromatic heterocycles. The number of allylic oxidation sites excluding steroid dienone is 2. The number of carbonyl (C=O) groups excluding carboxylic acids is 2. The number of fused-ring (bicyclic) bond motifs is 1. The summed E-state index contributed by atoms with van der Waals surface area (Å²) in [5.41, 5.74) is 0.898. The molecule has 0 saturated carbocycles. The van der Waals surface area contributed by atoms with Crippen molar-refractivity contribution >= 4 is 11.6 Å². The van der Waals surface area contributed by atoms with Gasteiger partial charge >= 0.3 is 0 Å². The Morgan fingerprint density at radius 1 is 1.16 bits per heavy atom. The zero-order valence-corrected chi connectivity index (χ0v) is 11.3. The second-order valence-corrected chi connectivity index (χ2v) is 4.90. The number of rotatable bonds is 5. The molecule has 3 nitrogen and oxygen atoms in total. The molecule has 100 valence electrons. The fourth-order valence-electron chi connectivity index (χ4n) is 1.97. The van der Waals surface area contributed by atoms with Gasteiger partial charge in [-0.3, -0.25) is 9.59 Å². The minimum atomic E-state index is -0.195. The molecule has 3 heteroatoms. The molecule has 0 bridgehead atoms. The highest BCUT2D eigenvalue weighted by Crippen LogP contribution is 2.22. The van der Waals surface area contributed by atoms with Crippen LogP contribution in [0, 0.1) is 5.92 Å². The van der Waals surface area contributed by atoms with E-state index in [9.17, 15) is 9.59 Å². The second-order valence-electron chi connectivity index (χ2n) is 4.90. The van der Waals surface area contributed by atoms with Gasteiger partial charge in [0, 0.05) is 17.2 Å². The van der Waals surface area contributed by atoms with E-state index in [-0.39, 0.29) is 17.3 Å². The minimum Gasteiger partial charge on any atom is -0.489 e. The summed E-state index contributed by atoms with van der Waals surface area (Å²) >= 11 is 0. The van der Waals surface area contributed by atoms with Gasteiger partial charge in [0.05, 0.1) is 6.61 Å². The van der Waals surface area contributed by atoms with E-state index in [1.54, 1.807) is 24.3 Å². The Labute approximate surface area is 113 Å². The molecule has 1 unspecified atom stereocenters. The third-order valence-electron chi connectivity index (χ3n) is 3.49. The summed E-state index contributed by atoms with van der Waals surface area (Å²) in [5.74, 6) is 0.377. The molecule has 1 aliphatic carbocycles. The summed E-state index contributed by atoms with van der Waals surface area (Å²) in [6.45, 7) is 4.73. The van der Waals surface area contributed by atoms with Gasteiger partial charge in [-0.2, -0.15) is 0 Å². The number of carbonyl (C=O) groups is 2. The summed E-state index contributed by atoms with van der Waals surface area (Å²) in [4.78, 5) is 24.0. The molecule has 0 N–H and O–H groups in total. The van der Waals surface area contributed by atoms with Crippen molar-refractivity contribution in [3.63, 3.8) is 0 Å². The normalized spacial score (nSPS) is 15.8. The first-order valence-corrected chi connectivity index (χ1v) is 6.66. The predicted octanol–water partition coefficient (Wildman–Crippen LogP) is 3.40. The summed E-state index contributed by atoms with van der Waals surface area (Å²) in [5, 5.41) is 0. The minimum absolute atomic E-state index is 0.159. The van der Waals surface area contributed by atoms with Crippen molar-refractivity contribution in [2.75, 3.05) is 6.61 Å². The van der Waals surface area contributed by atoms with E-state index in [4.69, 9.17) is 4.74 Å². The molecule has 1 atom stereocenters. The fraction of sp³-hybridized carbons (Fsp3) is 0.375. The second kappa shape index (κ2) is 5.83. The fourth-order valence-corrected chi connectivity index (χ4v) is 1.97. The summed E-state index contributed by atoms with van der Waals surface area (Å²) in [6, 6.07) is 6.85. The molecule has 0 spiro atoms. The van der Waals surface area contributed by atoms with Gasteiger partial charge in [0.25, 0.3) is 0 Å². The molecule has 0 heterocycles. The molecule has 2 rings (SSSR count). The molecular weight excluding hydrogens is 240 g/mol. The maximum Gasteiger partial charge on any atom is 0.228 e. The van der Waals surface area contributed by atoms with E-state index in [1.165, 1.54) is 6.08 Å². The molecule has 0 aliphatic heterocycles. The Balaban J connectivity index is 2.08. The Kier molecular flexibility index (Phi) is 4.15. The number of Topliss-reactive ketones (excluding diaryl/α,β-unsaturated/α-hetero) is 1. The Bertz CT molecular complexity index is 529. The van der Waals surface area contributed by atoms with Crippen molar-refractivity contribution in [1.82, 2.24) is 0 Å². The van der Waals surface area contributed by atoms with Crippen molar-refractivity contribution < 1.29 is 14.3 Å².